The third-order valence-electron chi connectivity index (χ3n) is 4.77. The summed E-state index contributed by atoms with van der Waals surface area (Å²) in [6.45, 7) is 2.37. The molecule has 158 valence electrons. The van der Waals surface area contributed by atoms with Crippen LogP contribution in [0.15, 0.2) is 59.6 Å². The van der Waals surface area contributed by atoms with Crippen molar-refractivity contribution < 1.29 is 19.4 Å². The zero-order valence-electron chi connectivity index (χ0n) is 16.2. The molecule has 0 bridgehead atoms. The predicted octanol–water partition coefficient (Wildman–Crippen LogP) is 5.47. The Morgan fingerprint density at radius 1 is 1.16 bits per heavy atom. The molecule has 1 aliphatic heterocycles. The summed E-state index contributed by atoms with van der Waals surface area (Å²) >= 11 is 13.5. The summed E-state index contributed by atoms with van der Waals surface area (Å²) in [5.74, 6) is -1.25. The highest BCUT2D eigenvalue weighted by molar-refractivity contribution is 7.14. The van der Waals surface area contributed by atoms with E-state index < -0.39 is 17.7 Å². The number of aromatic nitrogens is 1. The number of benzene rings is 2. The number of anilines is 1. The first kappa shape index (κ1) is 21.4. The predicted molar refractivity (Wildman–Crippen MR) is 121 cm³/mol. The Hall–Kier alpha value is -2.87. The molecule has 1 N–H and O–H groups in total. The van der Waals surface area contributed by atoms with Gasteiger partial charge in [0.25, 0.3) is 5.78 Å². The molecule has 1 atom stereocenters. The molecule has 1 amide bonds. The number of Topliss-reactive ketones (excluding diaryl/α,β-unsaturated/α-hetero) is 1. The van der Waals surface area contributed by atoms with Crippen molar-refractivity contribution in [1.82, 2.24) is 4.98 Å². The molecule has 1 saturated heterocycles. The molecule has 0 radical (unpaired) electrons. The maximum absolute atomic E-state index is 13.0. The molecule has 3 aromatic rings. The number of thiazole rings is 1. The van der Waals surface area contributed by atoms with Crippen molar-refractivity contribution in [2.45, 2.75) is 13.0 Å². The molecular weight excluding hydrogens is 459 g/mol. The van der Waals surface area contributed by atoms with E-state index in [1.807, 2.05) is 6.92 Å². The molecule has 1 aliphatic rings. The first-order valence-corrected chi connectivity index (χ1v) is 10.9. The summed E-state index contributed by atoms with van der Waals surface area (Å²) in [7, 11) is 0. The van der Waals surface area contributed by atoms with Crippen molar-refractivity contribution in [3.05, 3.63) is 80.8 Å². The van der Waals surface area contributed by atoms with Gasteiger partial charge in [0.1, 0.15) is 11.5 Å². The molecule has 4 rings (SSSR count). The Kier molecular flexibility index (Phi) is 6.00. The van der Waals surface area contributed by atoms with Crippen molar-refractivity contribution in [3.8, 4) is 5.75 Å². The van der Waals surface area contributed by atoms with Gasteiger partial charge in [0, 0.05) is 17.1 Å². The number of aliphatic hydroxyl groups is 1. The van der Waals surface area contributed by atoms with Gasteiger partial charge in [-0.25, -0.2) is 4.98 Å². The summed E-state index contributed by atoms with van der Waals surface area (Å²) in [6.07, 6.45) is 1.54. The summed E-state index contributed by atoms with van der Waals surface area (Å²) in [6, 6.07) is 10.5. The fourth-order valence-corrected chi connectivity index (χ4v) is 4.37. The van der Waals surface area contributed by atoms with E-state index in [-0.39, 0.29) is 16.4 Å². The third kappa shape index (κ3) is 3.92. The van der Waals surface area contributed by atoms with Gasteiger partial charge < -0.3 is 9.84 Å². The average molecular weight is 475 g/mol. The number of aliphatic hydroxyl groups excluding tert-OH is 1. The lowest BCUT2D eigenvalue weighted by Crippen LogP contribution is -2.29. The third-order valence-corrected chi connectivity index (χ3v) is 6.28. The minimum Gasteiger partial charge on any atom is -0.507 e. The van der Waals surface area contributed by atoms with Crippen LogP contribution in [-0.4, -0.2) is 28.4 Å². The smallest absolute Gasteiger partial charge is 0.301 e. The highest BCUT2D eigenvalue weighted by Crippen LogP contribution is 2.43. The Bertz CT molecular complexity index is 1180. The van der Waals surface area contributed by atoms with Crippen LogP contribution in [0.25, 0.3) is 5.76 Å². The average Bonchev–Trinajstić information content (AvgIpc) is 3.37. The zero-order valence-corrected chi connectivity index (χ0v) is 18.5. The number of halogens is 2. The van der Waals surface area contributed by atoms with Crippen LogP contribution >= 0.6 is 34.5 Å². The normalized spacial score (nSPS) is 17.9. The largest absolute Gasteiger partial charge is 0.507 e. The van der Waals surface area contributed by atoms with Crippen LogP contribution in [0.2, 0.25) is 10.0 Å². The number of amides is 1. The van der Waals surface area contributed by atoms with E-state index in [0.717, 1.165) is 0 Å². The van der Waals surface area contributed by atoms with E-state index in [1.54, 1.807) is 47.8 Å². The van der Waals surface area contributed by atoms with Crippen LogP contribution < -0.4 is 9.64 Å². The summed E-state index contributed by atoms with van der Waals surface area (Å²) in [5, 5.41) is 13.7. The lowest BCUT2D eigenvalue weighted by molar-refractivity contribution is -0.132. The zero-order chi connectivity index (χ0) is 22.1. The number of carbonyl (C=O) groups is 2. The second kappa shape index (κ2) is 8.70. The maximum atomic E-state index is 13.0. The Morgan fingerprint density at radius 3 is 2.52 bits per heavy atom. The molecular formula is C22H16Cl2N2O4S. The molecule has 1 aromatic heterocycles. The van der Waals surface area contributed by atoms with Gasteiger partial charge in [-0.2, -0.15) is 0 Å². The maximum Gasteiger partial charge on any atom is 0.301 e. The SMILES string of the molecule is CCOc1ccc(/C(O)=C2\C(=O)C(=O)N(c3nccs3)[C@@H]2c2ccc(Cl)c(Cl)c2)cc1. The fraction of sp³-hybridized carbons (Fsp3) is 0.136. The van der Waals surface area contributed by atoms with Crippen LogP contribution in [0, 0.1) is 0 Å². The molecule has 2 heterocycles. The number of ketones is 1. The molecule has 9 heteroatoms. The van der Waals surface area contributed by atoms with Gasteiger partial charge in [-0.1, -0.05) is 29.3 Å². The van der Waals surface area contributed by atoms with Crippen LogP contribution in [0.5, 0.6) is 5.75 Å². The first-order valence-electron chi connectivity index (χ1n) is 9.31. The van der Waals surface area contributed by atoms with Crippen LogP contribution in [0.3, 0.4) is 0 Å². The van der Waals surface area contributed by atoms with Gasteiger partial charge in [0.05, 0.1) is 28.3 Å². The molecule has 0 aliphatic carbocycles. The van der Waals surface area contributed by atoms with E-state index in [9.17, 15) is 14.7 Å². The monoisotopic (exact) mass is 474 g/mol. The second-order valence-corrected chi connectivity index (χ2v) is 8.30. The van der Waals surface area contributed by atoms with Crippen molar-refractivity contribution in [1.29, 1.82) is 0 Å². The fourth-order valence-electron chi connectivity index (χ4n) is 3.39. The van der Waals surface area contributed by atoms with E-state index >= 15 is 0 Å². The van der Waals surface area contributed by atoms with E-state index in [0.29, 0.717) is 33.6 Å². The van der Waals surface area contributed by atoms with Crippen LogP contribution in [0.1, 0.15) is 24.1 Å². The van der Waals surface area contributed by atoms with Gasteiger partial charge in [0.15, 0.2) is 5.13 Å². The summed E-state index contributed by atoms with van der Waals surface area (Å²) in [4.78, 5) is 31.4. The molecule has 1 fully saturated rings. The van der Waals surface area contributed by atoms with Gasteiger partial charge in [0.2, 0.25) is 0 Å². The Balaban J connectivity index is 1.89. The number of carbonyl (C=O) groups excluding carboxylic acids is 2. The van der Waals surface area contributed by atoms with Crippen molar-refractivity contribution >= 4 is 57.1 Å². The van der Waals surface area contributed by atoms with Crippen LogP contribution in [0.4, 0.5) is 5.13 Å². The minimum atomic E-state index is -0.910. The van der Waals surface area contributed by atoms with Gasteiger partial charge in [-0.15, -0.1) is 11.3 Å². The van der Waals surface area contributed by atoms with Crippen molar-refractivity contribution in [3.63, 3.8) is 0 Å². The Morgan fingerprint density at radius 2 is 1.90 bits per heavy atom. The van der Waals surface area contributed by atoms with Crippen molar-refractivity contribution in [2.24, 2.45) is 0 Å². The molecule has 6 nitrogen and oxygen atoms in total. The lowest BCUT2D eigenvalue weighted by Gasteiger charge is -2.23. The molecule has 31 heavy (non-hydrogen) atoms. The van der Waals surface area contributed by atoms with Gasteiger partial charge in [-0.3, -0.25) is 14.5 Å². The number of rotatable bonds is 5. The lowest BCUT2D eigenvalue weighted by atomic mass is 9.95. The standard InChI is InChI=1S/C22H16Cl2N2O4S/c1-2-30-14-6-3-12(4-7-14)19(27)17-18(13-5-8-15(23)16(24)11-13)26(21(29)20(17)28)22-25-9-10-31-22/h3-11,18,27H,2H2,1H3/b19-17+/t18-/m1/s1. The minimum absolute atomic E-state index is 0.0530. The second-order valence-electron chi connectivity index (χ2n) is 6.61. The van der Waals surface area contributed by atoms with E-state index in [4.69, 9.17) is 27.9 Å². The molecule has 0 spiro atoms. The summed E-state index contributed by atoms with van der Waals surface area (Å²) in [5.41, 5.74) is 0.852. The van der Waals surface area contributed by atoms with Crippen LogP contribution in [-0.2, 0) is 9.59 Å². The van der Waals surface area contributed by atoms with Gasteiger partial charge >= 0.3 is 5.91 Å². The quantitative estimate of drug-likeness (QED) is 0.301. The highest BCUT2D eigenvalue weighted by Gasteiger charge is 2.48. The van der Waals surface area contributed by atoms with E-state index in [2.05, 4.69) is 4.98 Å². The molecule has 0 unspecified atom stereocenters. The summed E-state index contributed by atoms with van der Waals surface area (Å²) < 4.78 is 5.42. The highest BCUT2D eigenvalue weighted by atomic mass is 35.5. The topological polar surface area (TPSA) is 79.7 Å². The van der Waals surface area contributed by atoms with Crippen molar-refractivity contribution in [2.75, 3.05) is 11.5 Å². The Labute approximate surface area is 192 Å². The number of hydrogen-bond acceptors (Lipinski definition) is 6. The first-order chi connectivity index (χ1) is 14.9. The number of nitrogens with zero attached hydrogens (tertiary/aromatic N) is 2. The van der Waals surface area contributed by atoms with E-state index in [1.165, 1.54) is 22.4 Å². The number of ether oxygens (including phenoxy) is 1. The van der Waals surface area contributed by atoms with Gasteiger partial charge in [-0.05, 0) is 48.9 Å². The molecule has 2 aromatic carbocycles. The molecule has 0 saturated carbocycles. The number of hydrogen-bond donors (Lipinski definition) is 1.